The van der Waals surface area contributed by atoms with Crippen molar-refractivity contribution in [2.45, 2.75) is 45.3 Å². The van der Waals surface area contributed by atoms with E-state index < -0.39 is 10.8 Å². The summed E-state index contributed by atoms with van der Waals surface area (Å²) < 4.78 is 12.2. The number of halogens is 1. The minimum Gasteiger partial charge on any atom is -0.357 e. The second-order valence-corrected chi connectivity index (χ2v) is 8.18. The lowest BCUT2D eigenvalue weighted by molar-refractivity contribution is 0.139. The fraction of sp³-hybridized carbons (Fsp3) is 0.632. The molecule has 25 heavy (non-hydrogen) atoms. The lowest BCUT2D eigenvalue weighted by Crippen LogP contribution is -2.41. The van der Waals surface area contributed by atoms with Crippen molar-refractivity contribution < 1.29 is 4.21 Å². The predicted molar refractivity (Wildman–Crippen MR) is 119 cm³/mol. The molecule has 1 aromatic carbocycles. The maximum absolute atomic E-state index is 12.2. The number of nitrogens with zero attached hydrogens (tertiary/aromatic N) is 1. The Morgan fingerprint density at radius 2 is 1.92 bits per heavy atom. The average Bonchev–Trinajstić information content (AvgIpc) is 2.55. The van der Waals surface area contributed by atoms with Crippen molar-refractivity contribution in [3.8, 4) is 0 Å². The molecule has 0 saturated heterocycles. The molecule has 0 aliphatic heterocycles. The minimum atomic E-state index is -0.850. The molecule has 1 unspecified atom stereocenters. The molecule has 0 bridgehead atoms. The fourth-order valence-electron chi connectivity index (χ4n) is 3.00. The van der Waals surface area contributed by atoms with E-state index >= 15 is 0 Å². The lowest BCUT2D eigenvalue weighted by Gasteiger charge is -2.40. The summed E-state index contributed by atoms with van der Waals surface area (Å²) in [5, 5.41) is 6.62. The second kappa shape index (κ2) is 11.9. The van der Waals surface area contributed by atoms with Crippen molar-refractivity contribution in [3.05, 3.63) is 35.9 Å². The Hall–Kier alpha value is -0.630. The number of nitrogens with one attached hydrogen (secondary N) is 2. The van der Waals surface area contributed by atoms with E-state index in [0.29, 0.717) is 23.5 Å². The van der Waals surface area contributed by atoms with Gasteiger partial charge in [0, 0.05) is 41.9 Å². The Morgan fingerprint density at radius 3 is 2.48 bits per heavy atom. The molecule has 4 nitrogen and oxygen atoms in total. The first kappa shape index (κ1) is 22.4. The topological polar surface area (TPSA) is 53.5 Å². The number of hydrogen-bond donors (Lipinski definition) is 2. The van der Waals surface area contributed by atoms with Crippen molar-refractivity contribution in [2.75, 3.05) is 25.4 Å². The van der Waals surface area contributed by atoms with Crippen molar-refractivity contribution in [2.24, 2.45) is 10.4 Å². The van der Waals surface area contributed by atoms with E-state index in [9.17, 15) is 4.21 Å². The van der Waals surface area contributed by atoms with E-state index in [2.05, 4.69) is 24.5 Å². The number of benzene rings is 1. The first-order valence-electron chi connectivity index (χ1n) is 9.08. The highest BCUT2D eigenvalue weighted by Gasteiger charge is 2.34. The van der Waals surface area contributed by atoms with Crippen LogP contribution in [0.1, 0.15) is 45.1 Å². The summed E-state index contributed by atoms with van der Waals surface area (Å²) in [7, 11) is -0.850. The van der Waals surface area contributed by atoms with Gasteiger partial charge in [0.15, 0.2) is 5.96 Å². The van der Waals surface area contributed by atoms with Gasteiger partial charge in [-0.15, -0.1) is 24.0 Å². The van der Waals surface area contributed by atoms with Crippen molar-refractivity contribution in [3.63, 3.8) is 0 Å². The highest BCUT2D eigenvalue weighted by Crippen LogP contribution is 2.43. The van der Waals surface area contributed by atoms with E-state index in [0.717, 1.165) is 24.6 Å². The highest BCUT2D eigenvalue weighted by molar-refractivity contribution is 14.0. The van der Waals surface area contributed by atoms with Gasteiger partial charge in [-0.1, -0.05) is 43.7 Å². The highest BCUT2D eigenvalue weighted by atomic mass is 127. The molecule has 0 spiro atoms. The Labute approximate surface area is 172 Å². The minimum absolute atomic E-state index is 0. The second-order valence-electron chi connectivity index (χ2n) is 6.60. The summed E-state index contributed by atoms with van der Waals surface area (Å²) in [5.41, 5.74) is 1.56. The van der Waals surface area contributed by atoms with Crippen LogP contribution in [0, 0.1) is 5.41 Å². The van der Waals surface area contributed by atoms with Crippen LogP contribution in [-0.2, 0) is 16.6 Å². The number of hydrogen-bond acceptors (Lipinski definition) is 2. The Balaban J connectivity index is 0.00000312. The third-order valence-electron chi connectivity index (χ3n) is 4.87. The van der Waals surface area contributed by atoms with Gasteiger partial charge in [-0.2, -0.15) is 0 Å². The lowest BCUT2D eigenvalue weighted by atomic mass is 9.67. The van der Waals surface area contributed by atoms with Crippen LogP contribution in [0.3, 0.4) is 0 Å². The maximum Gasteiger partial charge on any atom is 0.191 e. The van der Waals surface area contributed by atoms with Gasteiger partial charge in [0.25, 0.3) is 0 Å². The molecule has 0 aromatic heterocycles. The van der Waals surface area contributed by atoms with Gasteiger partial charge in [-0.05, 0) is 37.2 Å². The zero-order chi connectivity index (χ0) is 17.3. The normalized spacial score (nSPS) is 17.1. The smallest absolute Gasteiger partial charge is 0.191 e. The fourth-order valence-corrected chi connectivity index (χ4v) is 4.04. The zero-order valence-electron chi connectivity index (χ0n) is 15.4. The van der Waals surface area contributed by atoms with Crippen LogP contribution in [0.15, 0.2) is 35.3 Å². The molecule has 1 saturated carbocycles. The summed E-state index contributed by atoms with van der Waals surface area (Å²) in [5.74, 6) is 2.11. The number of aliphatic imine (C=N–C) groups is 1. The van der Waals surface area contributed by atoms with Crippen molar-refractivity contribution >= 4 is 40.7 Å². The van der Waals surface area contributed by atoms with Gasteiger partial charge >= 0.3 is 0 Å². The monoisotopic (exact) mass is 477 g/mol. The molecule has 142 valence electrons. The number of guanidine groups is 1. The molecule has 0 amide bonds. The molecule has 6 heteroatoms. The first-order chi connectivity index (χ1) is 11.7. The standard InChI is InChI=1S/C19H31N3OS.HI/c1-3-19(11-8-12-19)16-22-18(20-4-2)21-13-14-24(23)15-17-9-6-5-7-10-17;/h5-7,9-10H,3-4,8,11-16H2,1-2H3,(H2,20,21,22);1H. The largest absolute Gasteiger partial charge is 0.357 e. The summed E-state index contributed by atoms with van der Waals surface area (Å²) in [4.78, 5) is 4.75. The van der Waals surface area contributed by atoms with Gasteiger partial charge in [0.1, 0.15) is 0 Å². The Kier molecular flexibility index (Phi) is 10.7. The molecular formula is C19H32IN3OS. The molecule has 1 atom stereocenters. The third kappa shape index (κ3) is 7.64. The van der Waals surface area contributed by atoms with Gasteiger partial charge in [0.05, 0.1) is 0 Å². The van der Waals surface area contributed by atoms with Crippen LogP contribution in [-0.4, -0.2) is 35.6 Å². The Bertz CT molecular complexity index is 541. The molecule has 1 aliphatic carbocycles. The van der Waals surface area contributed by atoms with E-state index in [1.807, 2.05) is 30.3 Å². The SMILES string of the molecule is CCNC(=NCC1(CC)CCC1)NCCS(=O)Cc1ccccc1.I. The molecule has 0 radical (unpaired) electrons. The van der Waals surface area contributed by atoms with Crippen LogP contribution in [0.25, 0.3) is 0 Å². The van der Waals surface area contributed by atoms with Crippen LogP contribution in [0.4, 0.5) is 0 Å². The first-order valence-corrected chi connectivity index (χ1v) is 10.6. The molecule has 2 rings (SSSR count). The molecular weight excluding hydrogens is 445 g/mol. The average molecular weight is 477 g/mol. The Morgan fingerprint density at radius 1 is 1.20 bits per heavy atom. The van der Waals surface area contributed by atoms with Crippen molar-refractivity contribution in [1.29, 1.82) is 0 Å². The molecule has 1 aliphatic rings. The van der Waals surface area contributed by atoms with Crippen LogP contribution in [0.5, 0.6) is 0 Å². The molecule has 0 heterocycles. The van der Waals surface area contributed by atoms with Crippen LogP contribution < -0.4 is 10.6 Å². The van der Waals surface area contributed by atoms with E-state index in [1.165, 1.54) is 25.7 Å². The van der Waals surface area contributed by atoms with E-state index in [1.54, 1.807) is 0 Å². The van der Waals surface area contributed by atoms with Gasteiger partial charge in [-0.3, -0.25) is 9.20 Å². The van der Waals surface area contributed by atoms with E-state index in [-0.39, 0.29) is 24.0 Å². The van der Waals surface area contributed by atoms with Gasteiger partial charge < -0.3 is 10.6 Å². The van der Waals surface area contributed by atoms with Gasteiger partial charge in [-0.25, -0.2) is 0 Å². The van der Waals surface area contributed by atoms with Crippen LogP contribution >= 0.6 is 24.0 Å². The summed E-state index contributed by atoms with van der Waals surface area (Å²) in [6.45, 7) is 6.76. The summed E-state index contributed by atoms with van der Waals surface area (Å²) >= 11 is 0. The molecule has 2 N–H and O–H groups in total. The number of rotatable bonds is 9. The quantitative estimate of drug-likeness (QED) is 0.324. The maximum atomic E-state index is 12.2. The van der Waals surface area contributed by atoms with Crippen molar-refractivity contribution in [1.82, 2.24) is 10.6 Å². The van der Waals surface area contributed by atoms with Gasteiger partial charge in [0.2, 0.25) is 0 Å². The summed E-state index contributed by atoms with van der Waals surface area (Å²) in [6, 6.07) is 10.0. The van der Waals surface area contributed by atoms with Crippen LogP contribution in [0.2, 0.25) is 0 Å². The summed E-state index contributed by atoms with van der Waals surface area (Å²) in [6.07, 6.45) is 5.14. The molecule has 1 fully saturated rings. The zero-order valence-corrected chi connectivity index (χ0v) is 18.6. The predicted octanol–water partition coefficient (Wildman–Crippen LogP) is 3.69. The van der Waals surface area contributed by atoms with E-state index in [4.69, 9.17) is 4.99 Å². The molecule has 1 aromatic rings. The third-order valence-corrected chi connectivity index (χ3v) is 6.19.